The van der Waals surface area contributed by atoms with E-state index in [1.807, 2.05) is 31.5 Å². The molecule has 0 unspecified atom stereocenters. The lowest BCUT2D eigenvalue weighted by Crippen LogP contribution is -2.26. The van der Waals surface area contributed by atoms with Gasteiger partial charge in [0.15, 0.2) is 0 Å². The van der Waals surface area contributed by atoms with Crippen molar-refractivity contribution < 1.29 is 13.2 Å². The number of aryl methyl sites for hydroxylation is 3. The quantitative estimate of drug-likeness (QED) is 0.730. The van der Waals surface area contributed by atoms with Gasteiger partial charge in [0.2, 0.25) is 10.0 Å². The number of ether oxygens (including phenoxy) is 1. The SMILES string of the molecule is COc1cc(C)c(S(=O)(=O)NCCCn2ccnc2C)cc1C(C)C. The highest BCUT2D eigenvalue weighted by Crippen LogP contribution is 2.31. The Morgan fingerprint density at radius 1 is 1.28 bits per heavy atom. The summed E-state index contributed by atoms with van der Waals surface area (Å²) in [7, 11) is -1.95. The lowest BCUT2D eigenvalue weighted by molar-refractivity contribution is 0.406. The summed E-state index contributed by atoms with van der Waals surface area (Å²) in [6.07, 6.45) is 4.34. The summed E-state index contributed by atoms with van der Waals surface area (Å²) in [6.45, 7) is 8.86. The maximum atomic E-state index is 12.7. The molecule has 0 amide bonds. The van der Waals surface area contributed by atoms with Crippen LogP contribution in [0, 0.1) is 13.8 Å². The molecule has 1 aromatic heterocycles. The molecule has 2 rings (SSSR count). The number of aromatic nitrogens is 2. The molecule has 0 aliphatic heterocycles. The Balaban J connectivity index is 2.10. The van der Waals surface area contributed by atoms with E-state index in [1.165, 1.54) is 0 Å². The van der Waals surface area contributed by atoms with Crippen molar-refractivity contribution in [1.82, 2.24) is 14.3 Å². The number of hydrogen-bond acceptors (Lipinski definition) is 4. The van der Waals surface area contributed by atoms with Gasteiger partial charge in [-0.1, -0.05) is 13.8 Å². The van der Waals surface area contributed by atoms with Crippen LogP contribution in [-0.4, -0.2) is 31.6 Å². The van der Waals surface area contributed by atoms with Crippen LogP contribution in [-0.2, 0) is 16.6 Å². The lowest BCUT2D eigenvalue weighted by Gasteiger charge is -2.16. The van der Waals surface area contributed by atoms with Gasteiger partial charge in [0, 0.05) is 25.5 Å². The molecular weight excluding hydrogens is 338 g/mol. The minimum Gasteiger partial charge on any atom is -0.496 e. The first-order chi connectivity index (χ1) is 11.8. The van der Waals surface area contributed by atoms with E-state index in [4.69, 9.17) is 4.74 Å². The van der Waals surface area contributed by atoms with Crippen molar-refractivity contribution in [2.75, 3.05) is 13.7 Å². The molecule has 0 radical (unpaired) electrons. The molecule has 25 heavy (non-hydrogen) atoms. The fourth-order valence-electron chi connectivity index (χ4n) is 2.77. The molecule has 1 aromatic carbocycles. The van der Waals surface area contributed by atoms with Crippen LogP contribution in [0.3, 0.4) is 0 Å². The molecule has 0 saturated heterocycles. The van der Waals surface area contributed by atoms with Crippen molar-refractivity contribution in [1.29, 1.82) is 0 Å². The summed E-state index contributed by atoms with van der Waals surface area (Å²) in [4.78, 5) is 4.47. The third-order valence-electron chi connectivity index (χ3n) is 4.23. The zero-order valence-electron chi connectivity index (χ0n) is 15.5. The van der Waals surface area contributed by atoms with Gasteiger partial charge in [-0.25, -0.2) is 18.1 Å². The molecule has 1 heterocycles. The summed E-state index contributed by atoms with van der Waals surface area (Å²) < 4.78 is 35.5. The van der Waals surface area contributed by atoms with Crippen LogP contribution in [0.2, 0.25) is 0 Å². The molecule has 0 aliphatic carbocycles. The number of imidazole rings is 1. The van der Waals surface area contributed by atoms with Crippen LogP contribution in [0.25, 0.3) is 0 Å². The van der Waals surface area contributed by atoms with E-state index in [1.54, 1.807) is 32.4 Å². The van der Waals surface area contributed by atoms with E-state index in [9.17, 15) is 8.42 Å². The average molecular weight is 365 g/mol. The highest BCUT2D eigenvalue weighted by Gasteiger charge is 2.20. The minimum atomic E-state index is -3.55. The first-order valence-electron chi connectivity index (χ1n) is 8.42. The summed E-state index contributed by atoms with van der Waals surface area (Å²) in [5.74, 6) is 1.83. The normalized spacial score (nSPS) is 11.9. The molecule has 0 saturated carbocycles. The molecule has 2 aromatic rings. The molecule has 138 valence electrons. The second-order valence-electron chi connectivity index (χ2n) is 6.43. The Morgan fingerprint density at radius 2 is 2.00 bits per heavy atom. The number of nitrogens with one attached hydrogen (secondary N) is 1. The summed E-state index contributed by atoms with van der Waals surface area (Å²) >= 11 is 0. The standard InChI is InChI=1S/C18H27N3O3S/c1-13(2)16-12-18(14(3)11-17(16)24-5)25(22,23)20-7-6-9-21-10-8-19-15(21)4/h8,10-13,20H,6-7,9H2,1-5H3. The lowest BCUT2D eigenvalue weighted by atomic mass is 10.0. The van der Waals surface area contributed by atoms with Crippen molar-refractivity contribution in [2.24, 2.45) is 0 Å². The van der Waals surface area contributed by atoms with E-state index in [-0.39, 0.29) is 5.92 Å². The van der Waals surface area contributed by atoms with E-state index >= 15 is 0 Å². The van der Waals surface area contributed by atoms with Crippen LogP contribution in [0.1, 0.15) is 43.1 Å². The van der Waals surface area contributed by atoms with Gasteiger partial charge in [-0.2, -0.15) is 0 Å². The van der Waals surface area contributed by atoms with Gasteiger partial charge in [0.1, 0.15) is 11.6 Å². The summed E-state index contributed by atoms with van der Waals surface area (Å²) in [5, 5.41) is 0. The number of methoxy groups -OCH3 is 1. The van der Waals surface area contributed by atoms with Crippen LogP contribution >= 0.6 is 0 Å². The number of sulfonamides is 1. The first kappa shape index (κ1) is 19.5. The number of nitrogens with zero attached hydrogens (tertiary/aromatic N) is 2. The Bertz CT molecular complexity index is 826. The second kappa shape index (κ2) is 8.01. The number of hydrogen-bond donors (Lipinski definition) is 1. The molecule has 0 aliphatic rings. The van der Waals surface area contributed by atoms with Gasteiger partial charge in [0.25, 0.3) is 0 Å². The van der Waals surface area contributed by atoms with Crippen LogP contribution in [0.4, 0.5) is 0 Å². The Morgan fingerprint density at radius 3 is 2.56 bits per heavy atom. The summed E-state index contributed by atoms with van der Waals surface area (Å²) in [5.41, 5.74) is 1.57. The topological polar surface area (TPSA) is 73.2 Å². The molecule has 7 heteroatoms. The van der Waals surface area contributed by atoms with Crippen LogP contribution < -0.4 is 9.46 Å². The number of benzene rings is 1. The van der Waals surface area contributed by atoms with Gasteiger partial charge < -0.3 is 9.30 Å². The maximum Gasteiger partial charge on any atom is 0.240 e. The molecule has 0 bridgehead atoms. The van der Waals surface area contributed by atoms with Gasteiger partial charge >= 0.3 is 0 Å². The van der Waals surface area contributed by atoms with Crippen molar-refractivity contribution in [3.63, 3.8) is 0 Å². The smallest absolute Gasteiger partial charge is 0.240 e. The van der Waals surface area contributed by atoms with Crippen LogP contribution in [0.15, 0.2) is 29.4 Å². The average Bonchev–Trinajstić information content (AvgIpc) is 2.95. The van der Waals surface area contributed by atoms with Crippen molar-refractivity contribution >= 4 is 10.0 Å². The van der Waals surface area contributed by atoms with Gasteiger partial charge in [0.05, 0.1) is 12.0 Å². The van der Waals surface area contributed by atoms with Gasteiger partial charge in [-0.15, -0.1) is 0 Å². The Kier molecular flexibility index (Phi) is 6.24. The van der Waals surface area contributed by atoms with E-state index < -0.39 is 10.0 Å². The highest BCUT2D eigenvalue weighted by atomic mass is 32.2. The molecule has 0 spiro atoms. The molecular formula is C18H27N3O3S. The zero-order valence-corrected chi connectivity index (χ0v) is 16.4. The first-order valence-corrected chi connectivity index (χ1v) is 9.90. The Labute approximate surface area is 150 Å². The monoisotopic (exact) mass is 365 g/mol. The molecule has 6 nitrogen and oxygen atoms in total. The predicted octanol–water partition coefficient (Wildman–Crippen LogP) is 3.00. The van der Waals surface area contributed by atoms with E-state index in [0.717, 1.165) is 23.7 Å². The van der Waals surface area contributed by atoms with Crippen LogP contribution in [0.5, 0.6) is 5.75 Å². The molecule has 0 atom stereocenters. The fourth-order valence-corrected chi connectivity index (χ4v) is 4.10. The molecule has 0 fully saturated rings. The third-order valence-corrected chi connectivity index (χ3v) is 5.83. The maximum absolute atomic E-state index is 12.7. The minimum absolute atomic E-state index is 0.175. The Hall–Kier alpha value is -1.86. The van der Waals surface area contributed by atoms with Gasteiger partial charge in [-0.3, -0.25) is 0 Å². The fraction of sp³-hybridized carbons (Fsp3) is 0.500. The summed E-state index contributed by atoms with van der Waals surface area (Å²) in [6, 6.07) is 3.51. The predicted molar refractivity (Wildman–Crippen MR) is 98.6 cm³/mol. The third kappa shape index (κ3) is 4.61. The second-order valence-corrected chi connectivity index (χ2v) is 8.17. The van der Waals surface area contributed by atoms with Crippen molar-refractivity contribution in [3.8, 4) is 5.75 Å². The zero-order chi connectivity index (χ0) is 18.6. The molecule has 1 N–H and O–H groups in total. The van der Waals surface area contributed by atoms with E-state index in [2.05, 4.69) is 9.71 Å². The largest absolute Gasteiger partial charge is 0.496 e. The van der Waals surface area contributed by atoms with Gasteiger partial charge in [-0.05, 0) is 49.4 Å². The van der Waals surface area contributed by atoms with Crippen molar-refractivity contribution in [2.45, 2.75) is 51.5 Å². The van der Waals surface area contributed by atoms with E-state index in [0.29, 0.717) is 23.4 Å². The number of rotatable bonds is 8. The van der Waals surface area contributed by atoms with Crippen molar-refractivity contribution in [3.05, 3.63) is 41.5 Å². The highest BCUT2D eigenvalue weighted by molar-refractivity contribution is 7.89.